The van der Waals surface area contributed by atoms with E-state index in [9.17, 15) is 14.0 Å². The zero-order valence-electron chi connectivity index (χ0n) is 19.5. The number of piperidine rings is 1. The second-order valence-corrected chi connectivity index (χ2v) is 9.21. The third kappa shape index (κ3) is 4.49. The summed E-state index contributed by atoms with van der Waals surface area (Å²) in [6.45, 7) is 6.26. The number of halogens is 1. The maximum absolute atomic E-state index is 13.4. The van der Waals surface area contributed by atoms with Crippen molar-refractivity contribution in [1.29, 1.82) is 0 Å². The van der Waals surface area contributed by atoms with E-state index in [1.54, 1.807) is 6.92 Å². The predicted molar refractivity (Wildman–Crippen MR) is 129 cm³/mol. The molecule has 3 aromatic rings. The van der Waals surface area contributed by atoms with Gasteiger partial charge >= 0.3 is 0 Å². The highest BCUT2D eigenvalue weighted by molar-refractivity contribution is 5.81. The Morgan fingerprint density at radius 1 is 0.912 bits per heavy atom. The first-order valence-electron chi connectivity index (χ1n) is 12.0. The van der Waals surface area contributed by atoms with Crippen LogP contribution in [0.5, 0.6) is 0 Å². The Bertz CT molecular complexity index is 1180. The Labute approximate surface area is 198 Å². The standard InChI is InChI=1S/C26H30FN5O2/c1-19(33)29-12-10-21(11-13-29)25(34)30-14-16-31(17-15-30)26-28-23-4-2-3-5-24(23)32(26)18-20-6-8-22(27)9-7-20/h2-9,21H,10-18H2,1H3. The fourth-order valence-electron chi connectivity index (χ4n) is 5.06. The number of amides is 2. The summed E-state index contributed by atoms with van der Waals surface area (Å²) in [5.74, 6) is 0.940. The Hall–Kier alpha value is -3.42. The molecule has 178 valence electrons. The molecule has 34 heavy (non-hydrogen) atoms. The van der Waals surface area contributed by atoms with Crippen LogP contribution in [-0.2, 0) is 16.1 Å². The van der Waals surface area contributed by atoms with E-state index in [0.717, 1.165) is 35.4 Å². The second kappa shape index (κ2) is 9.44. The third-order valence-electron chi connectivity index (χ3n) is 7.05. The number of para-hydroxylation sites is 2. The third-order valence-corrected chi connectivity index (χ3v) is 7.05. The van der Waals surface area contributed by atoms with E-state index in [-0.39, 0.29) is 23.5 Å². The number of carbonyl (C=O) groups is 2. The normalized spacial score (nSPS) is 17.4. The fourth-order valence-corrected chi connectivity index (χ4v) is 5.06. The number of likely N-dealkylation sites (tertiary alicyclic amines) is 1. The van der Waals surface area contributed by atoms with Gasteiger partial charge in [-0.25, -0.2) is 9.37 Å². The lowest BCUT2D eigenvalue weighted by Crippen LogP contribution is -2.52. The van der Waals surface area contributed by atoms with Crippen LogP contribution in [0.4, 0.5) is 10.3 Å². The van der Waals surface area contributed by atoms with Crippen LogP contribution >= 0.6 is 0 Å². The quantitative estimate of drug-likeness (QED) is 0.597. The van der Waals surface area contributed by atoms with Gasteiger partial charge in [-0.05, 0) is 42.7 Å². The summed E-state index contributed by atoms with van der Waals surface area (Å²) in [4.78, 5) is 35.6. The highest BCUT2D eigenvalue weighted by atomic mass is 19.1. The fraction of sp³-hybridized carbons (Fsp3) is 0.423. The monoisotopic (exact) mass is 463 g/mol. The van der Waals surface area contributed by atoms with Crippen molar-refractivity contribution >= 4 is 28.8 Å². The largest absolute Gasteiger partial charge is 0.343 e. The Kier molecular flexibility index (Phi) is 6.22. The van der Waals surface area contributed by atoms with Crippen molar-refractivity contribution in [2.75, 3.05) is 44.2 Å². The maximum atomic E-state index is 13.4. The molecule has 0 spiro atoms. The SMILES string of the molecule is CC(=O)N1CCC(C(=O)N2CCN(c3nc4ccccc4n3Cc3ccc(F)cc3)CC2)CC1. The van der Waals surface area contributed by atoms with Crippen LogP contribution in [0.3, 0.4) is 0 Å². The lowest BCUT2D eigenvalue weighted by Gasteiger charge is -2.39. The molecule has 0 bridgehead atoms. The highest BCUT2D eigenvalue weighted by Crippen LogP contribution is 2.26. The molecular formula is C26H30FN5O2. The number of rotatable bonds is 4. The molecule has 0 radical (unpaired) electrons. The van der Waals surface area contributed by atoms with Crippen LogP contribution in [0.2, 0.25) is 0 Å². The van der Waals surface area contributed by atoms with Crippen LogP contribution < -0.4 is 4.90 Å². The lowest BCUT2D eigenvalue weighted by atomic mass is 9.95. The van der Waals surface area contributed by atoms with Gasteiger partial charge in [-0.1, -0.05) is 24.3 Å². The Morgan fingerprint density at radius 2 is 1.59 bits per heavy atom. The van der Waals surface area contributed by atoms with E-state index in [1.807, 2.05) is 40.1 Å². The molecule has 3 heterocycles. The summed E-state index contributed by atoms with van der Waals surface area (Å²) in [5.41, 5.74) is 2.98. The smallest absolute Gasteiger partial charge is 0.225 e. The van der Waals surface area contributed by atoms with Gasteiger partial charge < -0.3 is 19.3 Å². The minimum absolute atomic E-state index is 0.00482. The first-order valence-corrected chi connectivity index (χ1v) is 12.0. The highest BCUT2D eigenvalue weighted by Gasteiger charge is 2.32. The summed E-state index contributed by atoms with van der Waals surface area (Å²) >= 11 is 0. The van der Waals surface area contributed by atoms with E-state index in [0.29, 0.717) is 45.8 Å². The number of hydrogen-bond acceptors (Lipinski definition) is 4. The molecule has 2 aliphatic rings. The molecule has 1 aromatic heterocycles. The van der Waals surface area contributed by atoms with Gasteiger partial charge in [-0.3, -0.25) is 9.59 Å². The molecule has 0 atom stereocenters. The zero-order valence-corrected chi connectivity index (χ0v) is 19.5. The van der Waals surface area contributed by atoms with Crippen molar-refractivity contribution in [1.82, 2.24) is 19.4 Å². The topological polar surface area (TPSA) is 61.7 Å². The van der Waals surface area contributed by atoms with E-state index in [2.05, 4.69) is 15.5 Å². The van der Waals surface area contributed by atoms with Crippen LogP contribution in [-0.4, -0.2) is 70.4 Å². The number of carbonyl (C=O) groups excluding carboxylic acids is 2. The van der Waals surface area contributed by atoms with E-state index >= 15 is 0 Å². The van der Waals surface area contributed by atoms with Gasteiger partial charge in [-0.15, -0.1) is 0 Å². The molecule has 0 N–H and O–H groups in total. The van der Waals surface area contributed by atoms with E-state index < -0.39 is 0 Å². The number of aromatic nitrogens is 2. The van der Waals surface area contributed by atoms with Gasteiger partial charge in [0, 0.05) is 52.1 Å². The molecule has 0 saturated carbocycles. The average molecular weight is 464 g/mol. The van der Waals surface area contributed by atoms with Crippen LogP contribution in [0.25, 0.3) is 11.0 Å². The summed E-state index contributed by atoms with van der Waals surface area (Å²) in [5, 5.41) is 0. The minimum Gasteiger partial charge on any atom is -0.343 e. The summed E-state index contributed by atoms with van der Waals surface area (Å²) in [6, 6.07) is 14.6. The molecule has 7 nitrogen and oxygen atoms in total. The molecule has 2 saturated heterocycles. The maximum Gasteiger partial charge on any atom is 0.225 e. The van der Waals surface area contributed by atoms with Gasteiger partial charge in [0.1, 0.15) is 5.82 Å². The first-order chi connectivity index (χ1) is 16.5. The number of imidazole rings is 1. The molecule has 2 amide bonds. The zero-order chi connectivity index (χ0) is 23.7. The molecule has 8 heteroatoms. The van der Waals surface area contributed by atoms with Gasteiger partial charge in [-0.2, -0.15) is 0 Å². The second-order valence-electron chi connectivity index (χ2n) is 9.21. The van der Waals surface area contributed by atoms with Gasteiger partial charge in [0.05, 0.1) is 17.6 Å². The molecule has 2 aliphatic heterocycles. The molecule has 0 unspecified atom stereocenters. The van der Waals surface area contributed by atoms with Crippen molar-refractivity contribution in [3.05, 3.63) is 59.9 Å². The number of hydrogen-bond donors (Lipinski definition) is 0. The van der Waals surface area contributed by atoms with Crippen LogP contribution in [0, 0.1) is 11.7 Å². The van der Waals surface area contributed by atoms with Crippen molar-refractivity contribution in [3.63, 3.8) is 0 Å². The van der Waals surface area contributed by atoms with Crippen molar-refractivity contribution in [2.24, 2.45) is 5.92 Å². The summed E-state index contributed by atoms with van der Waals surface area (Å²) < 4.78 is 15.6. The predicted octanol–water partition coefficient (Wildman–Crippen LogP) is 3.13. The van der Waals surface area contributed by atoms with Gasteiger partial charge in [0.2, 0.25) is 17.8 Å². The lowest BCUT2D eigenvalue weighted by molar-refractivity contribution is -0.140. The van der Waals surface area contributed by atoms with Crippen molar-refractivity contribution < 1.29 is 14.0 Å². The summed E-state index contributed by atoms with van der Waals surface area (Å²) in [7, 11) is 0. The minimum atomic E-state index is -0.243. The molecular weight excluding hydrogens is 433 g/mol. The average Bonchev–Trinajstić information content (AvgIpc) is 3.23. The summed E-state index contributed by atoms with van der Waals surface area (Å²) in [6.07, 6.45) is 1.48. The number of fused-ring (bicyclic) bond motifs is 1. The number of anilines is 1. The number of nitrogens with zero attached hydrogens (tertiary/aromatic N) is 5. The molecule has 2 fully saturated rings. The first kappa shape index (κ1) is 22.4. The van der Waals surface area contributed by atoms with Crippen molar-refractivity contribution in [2.45, 2.75) is 26.3 Å². The Balaban J connectivity index is 1.29. The van der Waals surface area contributed by atoms with Gasteiger partial charge in [0.25, 0.3) is 0 Å². The molecule has 0 aliphatic carbocycles. The van der Waals surface area contributed by atoms with Gasteiger partial charge in [0.15, 0.2) is 0 Å². The number of piperazine rings is 1. The van der Waals surface area contributed by atoms with Crippen LogP contribution in [0.1, 0.15) is 25.3 Å². The van der Waals surface area contributed by atoms with E-state index in [4.69, 9.17) is 4.98 Å². The van der Waals surface area contributed by atoms with E-state index in [1.165, 1.54) is 12.1 Å². The molecule has 2 aromatic carbocycles. The molecule has 5 rings (SSSR count). The number of benzene rings is 2. The van der Waals surface area contributed by atoms with Crippen LogP contribution in [0.15, 0.2) is 48.5 Å². The Morgan fingerprint density at radius 3 is 2.26 bits per heavy atom. The van der Waals surface area contributed by atoms with Crippen molar-refractivity contribution in [3.8, 4) is 0 Å².